The fraction of sp³-hybridized carbons (Fsp3) is 0.818. The number of amides is 1. The van der Waals surface area contributed by atoms with E-state index in [0.717, 1.165) is 6.04 Å². The number of ether oxygens (including phenoxy) is 1. The highest BCUT2D eigenvalue weighted by atomic mass is 28.3. The molecule has 1 amide bonds. The largest absolute Gasteiger partial charge is 0.450 e. The maximum Gasteiger partial charge on any atom is 0.409 e. The topological polar surface area (TPSA) is 46.6 Å². The Labute approximate surface area is 98.0 Å². The van der Waals surface area contributed by atoms with Crippen molar-refractivity contribution >= 4 is 20.0 Å². The normalized spacial score (nSPS) is 17.4. The SMILES string of the molecule is C[Si](C)(C)CCOC(=O)N1CCC(=O)CC1. The van der Waals surface area contributed by atoms with Crippen LogP contribution in [0.15, 0.2) is 0 Å². The van der Waals surface area contributed by atoms with Gasteiger partial charge in [0.05, 0.1) is 6.61 Å². The van der Waals surface area contributed by atoms with Crippen molar-refractivity contribution in [2.75, 3.05) is 19.7 Å². The first-order valence-electron chi connectivity index (χ1n) is 5.82. The minimum Gasteiger partial charge on any atom is -0.450 e. The third kappa shape index (κ3) is 4.79. The fourth-order valence-electron chi connectivity index (χ4n) is 1.47. The van der Waals surface area contributed by atoms with Crippen molar-refractivity contribution in [2.24, 2.45) is 0 Å². The lowest BCUT2D eigenvalue weighted by Crippen LogP contribution is -2.39. The molecule has 5 heteroatoms. The first-order chi connectivity index (χ1) is 7.38. The summed E-state index contributed by atoms with van der Waals surface area (Å²) in [6, 6.07) is 0.992. The van der Waals surface area contributed by atoms with Gasteiger partial charge in [-0.3, -0.25) is 4.79 Å². The average molecular weight is 243 g/mol. The van der Waals surface area contributed by atoms with Gasteiger partial charge in [-0.25, -0.2) is 4.79 Å². The van der Waals surface area contributed by atoms with Crippen LogP contribution in [0, 0.1) is 0 Å². The van der Waals surface area contributed by atoms with Crippen LogP contribution in [0.2, 0.25) is 25.7 Å². The molecule has 0 aliphatic carbocycles. The molecule has 1 aliphatic heterocycles. The first-order valence-corrected chi connectivity index (χ1v) is 9.52. The Morgan fingerprint density at radius 1 is 1.31 bits per heavy atom. The fourth-order valence-corrected chi connectivity index (χ4v) is 2.19. The van der Waals surface area contributed by atoms with E-state index in [1.165, 1.54) is 0 Å². The quantitative estimate of drug-likeness (QED) is 0.713. The van der Waals surface area contributed by atoms with Gasteiger partial charge >= 0.3 is 6.09 Å². The van der Waals surface area contributed by atoms with Crippen LogP contribution in [0.1, 0.15) is 12.8 Å². The molecule has 0 radical (unpaired) electrons. The van der Waals surface area contributed by atoms with Crippen molar-refractivity contribution in [1.29, 1.82) is 0 Å². The zero-order chi connectivity index (χ0) is 12.2. The van der Waals surface area contributed by atoms with Crippen LogP contribution in [0.5, 0.6) is 0 Å². The molecule has 1 rings (SSSR count). The van der Waals surface area contributed by atoms with Gasteiger partial charge in [-0.15, -0.1) is 0 Å². The molecule has 92 valence electrons. The Kier molecular flexibility index (Phi) is 4.52. The number of carbonyl (C=O) groups excluding carboxylic acids is 2. The Balaban J connectivity index is 2.22. The van der Waals surface area contributed by atoms with Crippen molar-refractivity contribution < 1.29 is 14.3 Å². The van der Waals surface area contributed by atoms with E-state index in [9.17, 15) is 9.59 Å². The van der Waals surface area contributed by atoms with E-state index >= 15 is 0 Å². The minimum atomic E-state index is -1.13. The maximum atomic E-state index is 11.6. The molecule has 4 nitrogen and oxygen atoms in total. The van der Waals surface area contributed by atoms with Crippen LogP contribution in [-0.4, -0.2) is 44.5 Å². The molecule has 16 heavy (non-hydrogen) atoms. The van der Waals surface area contributed by atoms with Crippen LogP contribution in [0.3, 0.4) is 0 Å². The first kappa shape index (κ1) is 13.2. The smallest absolute Gasteiger partial charge is 0.409 e. The molecule has 0 spiro atoms. The summed E-state index contributed by atoms with van der Waals surface area (Å²) in [7, 11) is -1.13. The number of rotatable bonds is 3. The van der Waals surface area contributed by atoms with Gasteiger partial charge < -0.3 is 9.64 Å². The summed E-state index contributed by atoms with van der Waals surface area (Å²) in [5.41, 5.74) is 0. The Morgan fingerprint density at radius 3 is 2.38 bits per heavy atom. The number of piperidine rings is 1. The lowest BCUT2D eigenvalue weighted by atomic mass is 10.1. The zero-order valence-electron chi connectivity index (χ0n) is 10.4. The second-order valence-electron chi connectivity index (χ2n) is 5.45. The third-order valence-electron chi connectivity index (χ3n) is 2.66. The van der Waals surface area contributed by atoms with E-state index in [0.29, 0.717) is 32.5 Å². The van der Waals surface area contributed by atoms with Crippen LogP contribution in [-0.2, 0) is 9.53 Å². The molecule has 0 unspecified atom stereocenters. The molecule has 1 saturated heterocycles. The monoisotopic (exact) mass is 243 g/mol. The van der Waals surface area contributed by atoms with Crippen molar-refractivity contribution in [2.45, 2.75) is 38.5 Å². The number of likely N-dealkylation sites (tertiary alicyclic amines) is 1. The Bertz CT molecular complexity index is 263. The molecule has 1 aliphatic rings. The van der Waals surface area contributed by atoms with Gasteiger partial charge in [0.25, 0.3) is 0 Å². The lowest BCUT2D eigenvalue weighted by molar-refractivity contribution is -0.121. The Hall–Kier alpha value is -0.843. The van der Waals surface area contributed by atoms with Crippen molar-refractivity contribution in [1.82, 2.24) is 4.90 Å². The standard InChI is InChI=1S/C11H21NO3Si/c1-16(2,3)9-8-15-11(14)12-6-4-10(13)5-7-12/h4-9H2,1-3H3. The van der Waals surface area contributed by atoms with Gasteiger partial charge in [0.1, 0.15) is 5.78 Å². The van der Waals surface area contributed by atoms with Gasteiger partial charge in [0.15, 0.2) is 0 Å². The molecule has 1 heterocycles. The minimum absolute atomic E-state index is 0.242. The van der Waals surface area contributed by atoms with Crippen LogP contribution >= 0.6 is 0 Å². The summed E-state index contributed by atoms with van der Waals surface area (Å²) in [6.07, 6.45) is 0.692. The summed E-state index contributed by atoms with van der Waals surface area (Å²) >= 11 is 0. The lowest BCUT2D eigenvalue weighted by Gasteiger charge is -2.25. The molecular weight excluding hydrogens is 222 g/mol. The highest BCUT2D eigenvalue weighted by molar-refractivity contribution is 6.76. The second kappa shape index (κ2) is 5.47. The van der Waals surface area contributed by atoms with Crippen LogP contribution in [0.4, 0.5) is 4.79 Å². The highest BCUT2D eigenvalue weighted by Crippen LogP contribution is 2.10. The van der Waals surface area contributed by atoms with Gasteiger partial charge in [0, 0.05) is 34.0 Å². The van der Waals surface area contributed by atoms with E-state index in [1.54, 1.807) is 4.90 Å². The summed E-state index contributed by atoms with van der Waals surface area (Å²) in [4.78, 5) is 24.2. The number of hydrogen-bond acceptors (Lipinski definition) is 3. The molecule has 0 aromatic rings. The Morgan fingerprint density at radius 2 is 1.88 bits per heavy atom. The van der Waals surface area contributed by atoms with E-state index in [-0.39, 0.29) is 11.9 Å². The summed E-state index contributed by atoms with van der Waals surface area (Å²) in [5, 5.41) is 0. The van der Waals surface area contributed by atoms with Crippen LogP contribution < -0.4 is 0 Å². The molecule has 0 aromatic carbocycles. The van der Waals surface area contributed by atoms with E-state index < -0.39 is 8.07 Å². The van der Waals surface area contributed by atoms with Gasteiger partial charge in [-0.05, 0) is 6.04 Å². The summed E-state index contributed by atoms with van der Waals surface area (Å²) < 4.78 is 5.20. The summed E-state index contributed by atoms with van der Waals surface area (Å²) in [6.45, 7) is 8.30. The highest BCUT2D eigenvalue weighted by Gasteiger charge is 2.22. The van der Waals surface area contributed by atoms with E-state index in [1.807, 2.05) is 0 Å². The van der Waals surface area contributed by atoms with E-state index in [2.05, 4.69) is 19.6 Å². The van der Waals surface area contributed by atoms with Crippen molar-refractivity contribution in [3.63, 3.8) is 0 Å². The van der Waals surface area contributed by atoms with E-state index in [4.69, 9.17) is 4.74 Å². The molecule has 0 N–H and O–H groups in total. The number of Topliss-reactive ketones (excluding diaryl/α,β-unsaturated/α-hetero) is 1. The summed E-state index contributed by atoms with van der Waals surface area (Å²) in [5.74, 6) is 0.242. The molecule has 0 bridgehead atoms. The second-order valence-corrected chi connectivity index (χ2v) is 11.1. The third-order valence-corrected chi connectivity index (χ3v) is 4.36. The number of hydrogen-bond donors (Lipinski definition) is 0. The maximum absolute atomic E-state index is 11.6. The molecular formula is C11H21NO3Si. The zero-order valence-corrected chi connectivity index (χ0v) is 11.4. The molecule has 0 saturated carbocycles. The van der Waals surface area contributed by atoms with Crippen molar-refractivity contribution in [3.05, 3.63) is 0 Å². The number of ketones is 1. The number of carbonyl (C=O) groups is 2. The molecule has 1 fully saturated rings. The van der Waals surface area contributed by atoms with Gasteiger partial charge in [-0.1, -0.05) is 19.6 Å². The molecule has 0 aromatic heterocycles. The van der Waals surface area contributed by atoms with Gasteiger partial charge in [0.2, 0.25) is 0 Å². The van der Waals surface area contributed by atoms with Crippen molar-refractivity contribution in [3.8, 4) is 0 Å². The molecule has 0 atom stereocenters. The predicted molar refractivity (Wildman–Crippen MR) is 65.3 cm³/mol. The average Bonchev–Trinajstić information content (AvgIpc) is 2.16. The van der Waals surface area contributed by atoms with Crippen LogP contribution in [0.25, 0.3) is 0 Å². The number of nitrogens with zero attached hydrogens (tertiary/aromatic N) is 1. The predicted octanol–water partition coefficient (Wildman–Crippen LogP) is 2.13. The van der Waals surface area contributed by atoms with Gasteiger partial charge in [-0.2, -0.15) is 0 Å².